The van der Waals surface area contributed by atoms with Crippen LogP contribution in [0.5, 0.6) is 0 Å². The largest absolute Gasteiger partial charge is 0.396 e. The Bertz CT molecular complexity index is 603. The molecule has 0 aliphatic heterocycles. The lowest BCUT2D eigenvalue weighted by Crippen LogP contribution is -2.05. The third kappa shape index (κ3) is 2.39. The average molecular weight is 324 g/mol. The van der Waals surface area contributed by atoms with Gasteiger partial charge in [0.1, 0.15) is 11.5 Å². The Morgan fingerprint density at radius 1 is 1.32 bits per heavy atom. The number of aromatic nitrogens is 2. The Kier molecular flexibility index (Phi) is 3.31. The lowest BCUT2D eigenvalue weighted by atomic mass is 10.1. The van der Waals surface area contributed by atoms with E-state index in [1.807, 2.05) is 10.9 Å². The van der Waals surface area contributed by atoms with Crippen LogP contribution in [0.3, 0.4) is 0 Å². The van der Waals surface area contributed by atoms with E-state index in [-0.39, 0.29) is 5.82 Å². The minimum absolute atomic E-state index is 0.299. The highest BCUT2D eigenvalue weighted by Crippen LogP contribution is 2.34. The molecular weight excluding hydrogens is 309 g/mol. The molecule has 0 bridgehead atoms. The Hall–Kier alpha value is -1.36. The molecule has 19 heavy (non-hydrogen) atoms. The van der Waals surface area contributed by atoms with E-state index in [9.17, 15) is 4.39 Å². The van der Waals surface area contributed by atoms with Gasteiger partial charge in [-0.2, -0.15) is 5.10 Å². The van der Waals surface area contributed by atoms with Crippen LogP contribution in [0, 0.1) is 5.82 Å². The first kappa shape index (κ1) is 12.7. The van der Waals surface area contributed by atoms with E-state index in [1.54, 1.807) is 12.1 Å². The number of nitrogens with zero attached hydrogens (tertiary/aromatic N) is 2. The molecule has 0 amide bonds. The molecule has 1 heterocycles. The lowest BCUT2D eigenvalue weighted by molar-refractivity contribution is 0.468. The van der Waals surface area contributed by atoms with Crippen LogP contribution in [0.4, 0.5) is 10.1 Å². The van der Waals surface area contributed by atoms with Crippen LogP contribution >= 0.6 is 15.9 Å². The molecule has 2 N–H and O–H groups in total. The van der Waals surface area contributed by atoms with E-state index in [0.29, 0.717) is 23.0 Å². The molecule has 0 unspecified atom stereocenters. The predicted molar refractivity (Wildman–Crippen MR) is 77.2 cm³/mol. The number of rotatable bonds is 2. The second kappa shape index (κ2) is 4.96. The second-order valence-corrected chi connectivity index (χ2v) is 5.89. The minimum atomic E-state index is -0.299. The molecule has 3 nitrogen and oxygen atoms in total. The lowest BCUT2D eigenvalue weighted by Gasteiger charge is -2.08. The fourth-order valence-corrected chi connectivity index (χ4v) is 3.01. The maximum Gasteiger partial charge on any atom is 0.132 e. The summed E-state index contributed by atoms with van der Waals surface area (Å²) in [5.74, 6) is -0.299. The summed E-state index contributed by atoms with van der Waals surface area (Å²) in [4.78, 5) is 0. The van der Waals surface area contributed by atoms with Gasteiger partial charge in [0.05, 0.1) is 11.7 Å². The van der Waals surface area contributed by atoms with Crippen LogP contribution in [0.1, 0.15) is 31.7 Å². The molecule has 5 heteroatoms. The first-order valence-corrected chi connectivity index (χ1v) is 7.24. The van der Waals surface area contributed by atoms with Crippen molar-refractivity contribution in [3.63, 3.8) is 0 Å². The van der Waals surface area contributed by atoms with Crippen molar-refractivity contribution in [3.8, 4) is 11.3 Å². The van der Waals surface area contributed by atoms with Gasteiger partial charge in [0.25, 0.3) is 0 Å². The number of anilines is 1. The highest BCUT2D eigenvalue weighted by Gasteiger charge is 2.20. The molecule has 0 spiro atoms. The SMILES string of the molecule is Nc1cn(C2CCCC2)nc1-c1cc(Br)ccc1F. The topological polar surface area (TPSA) is 43.8 Å². The van der Waals surface area contributed by atoms with Crippen LogP contribution in [0.2, 0.25) is 0 Å². The highest BCUT2D eigenvalue weighted by molar-refractivity contribution is 9.10. The van der Waals surface area contributed by atoms with E-state index >= 15 is 0 Å². The molecule has 1 aliphatic rings. The number of benzene rings is 1. The summed E-state index contributed by atoms with van der Waals surface area (Å²) in [6.45, 7) is 0. The standard InChI is InChI=1S/C14H15BrFN3/c15-9-5-6-12(16)11(7-9)14-13(17)8-19(18-14)10-3-1-2-4-10/h5-8,10H,1-4,17H2. The van der Waals surface area contributed by atoms with Gasteiger partial charge in [-0.05, 0) is 31.0 Å². The Morgan fingerprint density at radius 2 is 2.05 bits per heavy atom. The summed E-state index contributed by atoms with van der Waals surface area (Å²) >= 11 is 3.35. The van der Waals surface area contributed by atoms with Crippen molar-refractivity contribution < 1.29 is 4.39 Å². The van der Waals surface area contributed by atoms with Crippen molar-refractivity contribution in [2.24, 2.45) is 0 Å². The van der Waals surface area contributed by atoms with Gasteiger partial charge in [0.2, 0.25) is 0 Å². The van der Waals surface area contributed by atoms with E-state index < -0.39 is 0 Å². The third-order valence-electron chi connectivity index (χ3n) is 3.64. The summed E-state index contributed by atoms with van der Waals surface area (Å²) < 4.78 is 16.6. The monoisotopic (exact) mass is 323 g/mol. The summed E-state index contributed by atoms with van der Waals surface area (Å²) in [5, 5.41) is 4.49. The van der Waals surface area contributed by atoms with Gasteiger partial charge in [-0.3, -0.25) is 4.68 Å². The molecule has 0 radical (unpaired) electrons. The molecule has 0 atom stereocenters. The molecule has 100 valence electrons. The van der Waals surface area contributed by atoms with Gasteiger partial charge in [0, 0.05) is 16.2 Å². The zero-order valence-corrected chi connectivity index (χ0v) is 12.0. The van der Waals surface area contributed by atoms with Crippen LogP contribution < -0.4 is 5.73 Å². The smallest absolute Gasteiger partial charge is 0.132 e. The van der Waals surface area contributed by atoms with Crippen molar-refractivity contribution in [3.05, 3.63) is 34.7 Å². The second-order valence-electron chi connectivity index (χ2n) is 4.98. The van der Waals surface area contributed by atoms with Crippen molar-refractivity contribution in [2.75, 3.05) is 5.73 Å². The summed E-state index contributed by atoms with van der Waals surface area (Å²) in [5.41, 5.74) is 7.51. The van der Waals surface area contributed by atoms with Crippen molar-refractivity contribution >= 4 is 21.6 Å². The number of hydrogen-bond donors (Lipinski definition) is 1. The van der Waals surface area contributed by atoms with E-state index in [2.05, 4.69) is 21.0 Å². The van der Waals surface area contributed by atoms with Crippen LogP contribution in [0.25, 0.3) is 11.3 Å². The molecule has 1 saturated carbocycles. The van der Waals surface area contributed by atoms with Gasteiger partial charge in [-0.25, -0.2) is 4.39 Å². The van der Waals surface area contributed by atoms with Crippen molar-refractivity contribution in [1.29, 1.82) is 0 Å². The highest BCUT2D eigenvalue weighted by atomic mass is 79.9. The molecule has 1 fully saturated rings. The quantitative estimate of drug-likeness (QED) is 0.902. The molecule has 0 saturated heterocycles. The van der Waals surface area contributed by atoms with Crippen LogP contribution in [-0.2, 0) is 0 Å². The Labute approximate surface area is 119 Å². The van der Waals surface area contributed by atoms with E-state index in [1.165, 1.54) is 18.9 Å². The van der Waals surface area contributed by atoms with Crippen molar-refractivity contribution in [1.82, 2.24) is 9.78 Å². The molecule has 1 aromatic heterocycles. The number of halogens is 2. The molecule has 1 aromatic carbocycles. The zero-order valence-electron chi connectivity index (χ0n) is 10.4. The molecule has 3 rings (SSSR count). The third-order valence-corrected chi connectivity index (χ3v) is 4.14. The fourth-order valence-electron chi connectivity index (χ4n) is 2.65. The zero-order chi connectivity index (χ0) is 13.4. The summed E-state index contributed by atoms with van der Waals surface area (Å²) in [6, 6.07) is 5.22. The normalized spacial score (nSPS) is 16.1. The van der Waals surface area contributed by atoms with Gasteiger partial charge in [0.15, 0.2) is 0 Å². The maximum atomic E-state index is 13.9. The van der Waals surface area contributed by atoms with Crippen LogP contribution in [0.15, 0.2) is 28.9 Å². The molecule has 2 aromatic rings. The average Bonchev–Trinajstić information content (AvgIpc) is 3.01. The van der Waals surface area contributed by atoms with Gasteiger partial charge in [-0.1, -0.05) is 28.8 Å². The Morgan fingerprint density at radius 3 is 2.79 bits per heavy atom. The van der Waals surface area contributed by atoms with E-state index in [4.69, 9.17) is 5.73 Å². The maximum absolute atomic E-state index is 13.9. The summed E-state index contributed by atoms with van der Waals surface area (Å²) in [6.07, 6.45) is 6.53. The van der Waals surface area contributed by atoms with Gasteiger partial charge < -0.3 is 5.73 Å². The number of nitrogens with two attached hydrogens (primary N) is 1. The van der Waals surface area contributed by atoms with Crippen LogP contribution in [-0.4, -0.2) is 9.78 Å². The number of nitrogen functional groups attached to an aromatic ring is 1. The minimum Gasteiger partial charge on any atom is -0.396 e. The van der Waals surface area contributed by atoms with Crippen molar-refractivity contribution in [2.45, 2.75) is 31.7 Å². The first-order chi connectivity index (χ1) is 9.15. The molecule has 1 aliphatic carbocycles. The molecular formula is C14H15BrFN3. The Balaban J connectivity index is 2.02. The van der Waals surface area contributed by atoms with E-state index in [0.717, 1.165) is 17.3 Å². The van der Waals surface area contributed by atoms with Gasteiger partial charge >= 0.3 is 0 Å². The number of hydrogen-bond acceptors (Lipinski definition) is 2. The predicted octanol–water partition coefficient (Wildman–Crippen LogP) is 4.15. The summed E-state index contributed by atoms with van der Waals surface area (Å²) in [7, 11) is 0. The van der Waals surface area contributed by atoms with Gasteiger partial charge in [-0.15, -0.1) is 0 Å². The first-order valence-electron chi connectivity index (χ1n) is 6.45. The fraction of sp³-hybridized carbons (Fsp3) is 0.357.